The Kier molecular flexibility index (Phi) is 5.06. The van der Waals surface area contributed by atoms with E-state index in [1.807, 2.05) is 48.5 Å². The highest BCUT2D eigenvalue weighted by Crippen LogP contribution is 2.21. The molecule has 0 spiro atoms. The zero-order valence-electron chi connectivity index (χ0n) is 14.9. The fourth-order valence-electron chi connectivity index (χ4n) is 3.13. The molecule has 0 aliphatic heterocycles. The molecule has 4 aromatic rings. The normalized spacial score (nSPS) is 10.9. The van der Waals surface area contributed by atoms with Gasteiger partial charge in [-0.15, -0.1) is 0 Å². The van der Waals surface area contributed by atoms with Gasteiger partial charge in [0.15, 0.2) is 0 Å². The van der Waals surface area contributed by atoms with Crippen LogP contribution >= 0.6 is 0 Å². The summed E-state index contributed by atoms with van der Waals surface area (Å²) < 4.78 is 13.3. The predicted molar refractivity (Wildman–Crippen MR) is 107 cm³/mol. The number of anilines is 1. The van der Waals surface area contributed by atoms with Crippen LogP contribution in [0.1, 0.15) is 17.0 Å². The van der Waals surface area contributed by atoms with E-state index in [2.05, 4.69) is 17.4 Å². The lowest BCUT2D eigenvalue weighted by Crippen LogP contribution is -2.09. The van der Waals surface area contributed by atoms with Crippen molar-refractivity contribution >= 4 is 16.7 Å². The third kappa shape index (κ3) is 4.29. The second-order valence-electron chi connectivity index (χ2n) is 6.47. The number of nitrogens with one attached hydrogen (secondary N) is 1. The number of nitrogens with zero attached hydrogens (tertiary/aromatic N) is 2. The average molecular weight is 357 g/mol. The van der Waals surface area contributed by atoms with Crippen molar-refractivity contribution < 1.29 is 4.39 Å². The summed E-state index contributed by atoms with van der Waals surface area (Å²) in [5.74, 6) is 1.40. The summed E-state index contributed by atoms with van der Waals surface area (Å²) in [6.07, 6.45) is 1.41. The molecule has 1 N–H and O–H groups in total. The molecule has 0 aliphatic rings. The van der Waals surface area contributed by atoms with E-state index in [1.54, 1.807) is 12.1 Å². The van der Waals surface area contributed by atoms with Gasteiger partial charge < -0.3 is 5.32 Å². The minimum atomic E-state index is -0.204. The van der Waals surface area contributed by atoms with Crippen LogP contribution in [-0.4, -0.2) is 16.5 Å². The van der Waals surface area contributed by atoms with E-state index < -0.39 is 0 Å². The molecular formula is C23H20FN3. The molecule has 0 saturated carbocycles. The molecule has 3 aromatic carbocycles. The Labute approximate surface area is 157 Å². The summed E-state index contributed by atoms with van der Waals surface area (Å²) in [5, 5.41) is 4.40. The number of hydrogen-bond donors (Lipinski definition) is 1. The fourth-order valence-corrected chi connectivity index (χ4v) is 3.13. The highest BCUT2D eigenvalue weighted by molar-refractivity contribution is 5.89. The molecule has 1 aromatic heterocycles. The van der Waals surface area contributed by atoms with Crippen LogP contribution in [0.15, 0.2) is 78.9 Å². The van der Waals surface area contributed by atoms with Gasteiger partial charge in [0.25, 0.3) is 0 Å². The van der Waals surface area contributed by atoms with Crippen molar-refractivity contribution in [1.82, 2.24) is 9.97 Å². The predicted octanol–water partition coefficient (Wildman–Crippen LogP) is 5.01. The van der Waals surface area contributed by atoms with Crippen molar-refractivity contribution in [3.05, 3.63) is 102 Å². The number of fused-ring (bicyclic) bond motifs is 1. The fraction of sp³-hybridized carbons (Fsp3) is 0.130. The van der Waals surface area contributed by atoms with Gasteiger partial charge >= 0.3 is 0 Å². The van der Waals surface area contributed by atoms with Gasteiger partial charge in [0, 0.05) is 18.4 Å². The first kappa shape index (κ1) is 17.2. The highest BCUT2D eigenvalue weighted by Gasteiger charge is 2.08. The number of aromatic nitrogens is 2. The lowest BCUT2D eigenvalue weighted by atomic mass is 10.1. The van der Waals surface area contributed by atoms with Gasteiger partial charge in [-0.1, -0.05) is 54.6 Å². The van der Waals surface area contributed by atoms with E-state index in [1.165, 1.54) is 11.6 Å². The lowest BCUT2D eigenvalue weighted by molar-refractivity contribution is 0.625. The second kappa shape index (κ2) is 7.96. The third-order valence-corrected chi connectivity index (χ3v) is 4.45. The maximum atomic E-state index is 13.3. The van der Waals surface area contributed by atoms with Crippen molar-refractivity contribution in [3.8, 4) is 0 Å². The van der Waals surface area contributed by atoms with Gasteiger partial charge in [-0.2, -0.15) is 0 Å². The van der Waals surface area contributed by atoms with E-state index in [-0.39, 0.29) is 5.82 Å². The van der Waals surface area contributed by atoms with Crippen LogP contribution in [0, 0.1) is 5.82 Å². The van der Waals surface area contributed by atoms with Crippen molar-refractivity contribution in [3.63, 3.8) is 0 Å². The molecular weight excluding hydrogens is 337 g/mol. The Morgan fingerprint density at radius 3 is 2.41 bits per heavy atom. The molecule has 4 rings (SSSR count). The molecule has 0 bridgehead atoms. The Bertz CT molecular complexity index is 1050. The van der Waals surface area contributed by atoms with Crippen LogP contribution in [0.4, 0.5) is 10.2 Å². The molecule has 0 unspecified atom stereocenters. The maximum Gasteiger partial charge on any atom is 0.137 e. The molecule has 0 atom stereocenters. The third-order valence-electron chi connectivity index (χ3n) is 4.45. The monoisotopic (exact) mass is 357 g/mol. The number of para-hydroxylation sites is 1. The second-order valence-corrected chi connectivity index (χ2v) is 6.47. The molecule has 3 nitrogen and oxygen atoms in total. The summed E-state index contributed by atoms with van der Waals surface area (Å²) in [4.78, 5) is 9.46. The van der Waals surface area contributed by atoms with E-state index in [4.69, 9.17) is 9.97 Å². The molecule has 0 aliphatic carbocycles. The quantitative estimate of drug-likeness (QED) is 0.527. The SMILES string of the molecule is Fc1cccc(CCNc2nc(Cc3ccccc3)nc3ccccc23)c1. The molecule has 4 heteroatoms. The smallest absolute Gasteiger partial charge is 0.137 e. The Morgan fingerprint density at radius 2 is 1.56 bits per heavy atom. The summed E-state index contributed by atoms with van der Waals surface area (Å²) in [5.41, 5.74) is 3.07. The Morgan fingerprint density at radius 1 is 0.778 bits per heavy atom. The van der Waals surface area contributed by atoms with Gasteiger partial charge in [-0.05, 0) is 41.8 Å². The van der Waals surface area contributed by atoms with Crippen LogP contribution in [0.2, 0.25) is 0 Å². The van der Waals surface area contributed by atoms with Gasteiger partial charge in [0.05, 0.1) is 5.52 Å². The minimum absolute atomic E-state index is 0.204. The lowest BCUT2D eigenvalue weighted by Gasteiger charge is -2.11. The van der Waals surface area contributed by atoms with Crippen LogP contribution in [-0.2, 0) is 12.8 Å². The first-order chi connectivity index (χ1) is 13.3. The number of benzene rings is 3. The van der Waals surface area contributed by atoms with Crippen LogP contribution in [0.3, 0.4) is 0 Å². The number of hydrogen-bond acceptors (Lipinski definition) is 3. The molecule has 134 valence electrons. The van der Waals surface area contributed by atoms with Gasteiger partial charge in [-0.3, -0.25) is 0 Å². The maximum absolute atomic E-state index is 13.3. The molecule has 0 saturated heterocycles. The van der Waals surface area contributed by atoms with Crippen molar-refractivity contribution in [2.24, 2.45) is 0 Å². The number of rotatable bonds is 6. The van der Waals surface area contributed by atoms with Crippen molar-refractivity contribution in [2.45, 2.75) is 12.8 Å². The van der Waals surface area contributed by atoms with E-state index >= 15 is 0 Å². The zero-order valence-corrected chi connectivity index (χ0v) is 14.9. The van der Waals surface area contributed by atoms with E-state index in [0.29, 0.717) is 13.0 Å². The molecule has 0 radical (unpaired) electrons. The van der Waals surface area contributed by atoms with Crippen molar-refractivity contribution in [2.75, 3.05) is 11.9 Å². The zero-order chi connectivity index (χ0) is 18.5. The topological polar surface area (TPSA) is 37.8 Å². The largest absolute Gasteiger partial charge is 0.369 e. The standard InChI is InChI=1S/C23H20FN3/c24-19-10-6-9-18(15-19)13-14-25-23-20-11-4-5-12-21(20)26-22(27-23)16-17-7-2-1-3-8-17/h1-12,15H,13-14,16H2,(H,25,26,27). The molecule has 0 fully saturated rings. The summed E-state index contributed by atoms with van der Waals surface area (Å²) in [7, 11) is 0. The number of halogens is 1. The summed E-state index contributed by atoms with van der Waals surface area (Å²) in [6.45, 7) is 0.676. The molecule has 1 heterocycles. The minimum Gasteiger partial charge on any atom is -0.369 e. The van der Waals surface area contributed by atoms with Crippen molar-refractivity contribution in [1.29, 1.82) is 0 Å². The van der Waals surface area contributed by atoms with Crippen LogP contribution in [0.5, 0.6) is 0 Å². The van der Waals surface area contributed by atoms with E-state index in [9.17, 15) is 4.39 Å². The molecule has 27 heavy (non-hydrogen) atoms. The van der Waals surface area contributed by atoms with Crippen LogP contribution in [0.25, 0.3) is 10.9 Å². The Balaban J connectivity index is 1.56. The summed E-state index contributed by atoms with van der Waals surface area (Å²) >= 11 is 0. The average Bonchev–Trinajstić information content (AvgIpc) is 2.69. The van der Waals surface area contributed by atoms with E-state index in [0.717, 1.165) is 34.5 Å². The van der Waals surface area contributed by atoms with Gasteiger partial charge in [-0.25, -0.2) is 14.4 Å². The molecule has 0 amide bonds. The van der Waals surface area contributed by atoms with Crippen LogP contribution < -0.4 is 5.32 Å². The first-order valence-corrected chi connectivity index (χ1v) is 9.06. The van der Waals surface area contributed by atoms with Gasteiger partial charge in [0.2, 0.25) is 0 Å². The summed E-state index contributed by atoms with van der Waals surface area (Å²) in [6, 6.07) is 24.9. The van der Waals surface area contributed by atoms with Gasteiger partial charge in [0.1, 0.15) is 17.5 Å². The first-order valence-electron chi connectivity index (χ1n) is 9.06. The Hall–Kier alpha value is -3.27. The highest BCUT2D eigenvalue weighted by atomic mass is 19.1.